The van der Waals surface area contributed by atoms with Gasteiger partial charge in [-0.1, -0.05) is 0 Å². The minimum Gasteiger partial charge on any atom is -0.383 e. The molecule has 0 spiro atoms. The molecule has 0 unspecified atom stereocenters. The Balaban J connectivity index is 0.00000361. The van der Waals surface area contributed by atoms with E-state index in [1.165, 1.54) is 12.8 Å². The van der Waals surface area contributed by atoms with Crippen LogP contribution in [0.3, 0.4) is 0 Å². The van der Waals surface area contributed by atoms with Crippen LogP contribution in [0.5, 0.6) is 0 Å². The maximum atomic E-state index is 5.17. The van der Waals surface area contributed by atoms with E-state index in [0.717, 1.165) is 44.8 Å². The number of guanidine groups is 1. The van der Waals surface area contributed by atoms with Crippen molar-refractivity contribution in [3.63, 3.8) is 0 Å². The Labute approximate surface area is 140 Å². The van der Waals surface area contributed by atoms with Gasteiger partial charge in [0.15, 0.2) is 5.96 Å². The number of methoxy groups -OCH3 is 1. The van der Waals surface area contributed by atoms with Crippen LogP contribution in [-0.2, 0) is 4.74 Å². The topological polar surface area (TPSA) is 48.9 Å². The second kappa shape index (κ2) is 11.6. The van der Waals surface area contributed by atoms with Gasteiger partial charge in [0.25, 0.3) is 0 Å². The number of halogens is 1. The van der Waals surface area contributed by atoms with E-state index in [2.05, 4.69) is 41.3 Å². The highest BCUT2D eigenvalue weighted by atomic mass is 127. The molecule has 0 heterocycles. The minimum absolute atomic E-state index is 0. The van der Waals surface area contributed by atoms with Gasteiger partial charge in [0.1, 0.15) is 0 Å². The standard InChI is InChI=1S/C14H30N4O.HI/c1-5-15-14(17-12(2)3)16-8-9-18(10-11-19-4)13-6-7-13;/h12-13H,5-11H2,1-4H3,(H2,15,16,17);1H. The molecule has 1 rings (SSSR count). The normalized spacial score (nSPS) is 15.4. The van der Waals surface area contributed by atoms with Crippen molar-refractivity contribution in [2.45, 2.75) is 45.7 Å². The molecule has 5 nitrogen and oxygen atoms in total. The van der Waals surface area contributed by atoms with Crippen LogP contribution in [0.15, 0.2) is 4.99 Å². The molecule has 1 aliphatic carbocycles. The molecule has 1 aliphatic rings. The highest BCUT2D eigenvalue weighted by Crippen LogP contribution is 2.26. The lowest BCUT2D eigenvalue weighted by Crippen LogP contribution is -2.41. The fourth-order valence-corrected chi connectivity index (χ4v) is 2.01. The zero-order chi connectivity index (χ0) is 14.1. The summed E-state index contributed by atoms with van der Waals surface area (Å²) in [4.78, 5) is 7.12. The Morgan fingerprint density at radius 2 is 2.05 bits per heavy atom. The van der Waals surface area contributed by atoms with Crippen LogP contribution >= 0.6 is 24.0 Å². The van der Waals surface area contributed by atoms with Gasteiger partial charge in [0.2, 0.25) is 0 Å². The molecule has 0 aromatic rings. The number of aliphatic imine (C=N–C) groups is 1. The van der Waals surface area contributed by atoms with Crippen molar-refractivity contribution in [2.75, 3.05) is 39.9 Å². The SMILES string of the molecule is CCNC(=NCCN(CCOC)C1CC1)NC(C)C.I. The van der Waals surface area contributed by atoms with E-state index in [4.69, 9.17) is 4.74 Å². The Bertz CT molecular complexity index is 270. The molecule has 1 saturated carbocycles. The Morgan fingerprint density at radius 3 is 2.55 bits per heavy atom. The number of nitrogens with one attached hydrogen (secondary N) is 2. The van der Waals surface area contributed by atoms with Crippen LogP contribution in [0.1, 0.15) is 33.6 Å². The van der Waals surface area contributed by atoms with E-state index in [1.807, 2.05) is 0 Å². The summed E-state index contributed by atoms with van der Waals surface area (Å²) < 4.78 is 5.17. The molecule has 0 atom stereocenters. The van der Waals surface area contributed by atoms with E-state index < -0.39 is 0 Å². The second-order valence-corrected chi connectivity index (χ2v) is 5.32. The Kier molecular flexibility index (Phi) is 11.5. The number of rotatable bonds is 9. The summed E-state index contributed by atoms with van der Waals surface area (Å²) in [5, 5.41) is 6.61. The van der Waals surface area contributed by atoms with Crippen LogP contribution in [0.2, 0.25) is 0 Å². The quantitative estimate of drug-likeness (QED) is 0.353. The number of hydrogen-bond acceptors (Lipinski definition) is 3. The van der Waals surface area contributed by atoms with Gasteiger partial charge in [-0.15, -0.1) is 24.0 Å². The van der Waals surface area contributed by atoms with Crippen molar-refractivity contribution < 1.29 is 4.74 Å². The molecule has 6 heteroatoms. The molecule has 0 saturated heterocycles. The van der Waals surface area contributed by atoms with E-state index in [1.54, 1.807) is 7.11 Å². The molecule has 0 radical (unpaired) electrons. The van der Waals surface area contributed by atoms with Gasteiger partial charge in [0.05, 0.1) is 13.2 Å². The average molecular weight is 398 g/mol. The van der Waals surface area contributed by atoms with Crippen LogP contribution < -0.4 is 10.6 Å². The highest BCUT2D eigenvalue weighted by molar-refractivity contribution is 14.0. The summed E-state index contributed by atoms with van der Waals surface area (Å²) in [5.41, 5.74) is 0. The largest absolute Gasteiger partial charge is 0.383 e. The number of ether oxygens (including phenoxy) is 1. The first-order valence-corrected chi connectivity index (χ1v) is 7.45. The monoisotopic (exact) mass is 398 g/mol. The lowest BCUT2D eigenvalue weighted by atomic mass is 10.4. The van der Waals surface area contributed by atoms with E-state index in [9.17, 15) is 0 Å². The lowest BCUT2D eigenvalue weighted by molar-refractivity contribution is 0.145. The predicted molar refractivity (Wildman–Crippen MR) is 96.1 cm³/mol. The van der Waals surface area contributed by atoms with Gasteiger partial charge < -0.3 is 15.4 Å². The van der Waals surface area contributed by atoms with Gasteiger partial charge in [-0.2, -0.15) is 0 Å². The zero-order valence-electron chi connectivity index (χ0n) is 13.3. The lowest BCUT2D eigenvalue weighted by Gasteiger charge is -2.21. The van der Waals surface area contributed by atoms with Crippen LogP contribution in [0, 0.1) is 0 Å². The first-order chi connectivity index (χ1) is 9.17. The number of hydrogen-bond donors (Lipinski definition) is 2. The molecule has 0 amide bonds. The average Bonchev–Trinajstić information content (AvgIpc) is 3.17. The summed E-state index contributed by atoms with van der Waals surface area (Å²) >= 11 is 0. The van der Waals surface area contributed by atoms with Crippen molar-refractivity contribution in [2.24, 2.45) is 4.99 Å². The van der Waals surface area contributed by atoms with Crippen molar-refractivity contribution in [1.82, 2.24) is 15.5 Å². The van der Waals surface area contributed by atoms with Gasteiger partial charge in [0, 0.05) is 38.8 Å². The van der Waals surface area contributed by atoms with Crippen LogP contribution in [0.4, 0.5) is 0 Å². The van der Waals surface area contributed by atoms with Crippen LogP contribution in [-0.4, -0.2) is 62.8 Å². The number of nitrogens with zero attached hydrogens (tertiary/aromatic N) is 2. The predicted octanol–water partition coefficient (Wildman–Crippen LogP) is 1.68. The fraction of sp³-hybridized carbons (Fsp3) is 0.929. The maximum absolute atomic E-state index is 5.17. The molecule has 0 aromatic carbocycles. The molecule has 0 aliphatic heterocycles. The molecule has 20 heavy (non-hydrogen) atoms. The van der Waals surface area contributed by atoms with Gasteiger partial charge in [-0.25, -0.2) is 0 Å². The summed E-state index contributed by atoms with van der Waals surface area (Å²) in [7, 11) is 1.76. The molecular weight excluding hydrogens is 367 g/mol. The summed E-state index contributed by atoms with van der Waals surface area (Å²) in [6, 6.07) is 1.18. The van der Waals surface area contributed by atoms with Gasteiger partial charge >= 0.3 is 0 Å². The molecule has 1 fully saturated rings. The van der Waals surface area contributed by atoms with E-state index in [-0.39, 0.29) is 24.0 Å². The second-order valence-electron chi connectivity index (χ2n) is 5.32. The minimum atomic E-state index is 0. The van der Waals surface area contributed by atoms with Crippen molar-refractivity contribution in [3.05, 3.63) is 0 Å². The molecule has 0 aromatic heterocycles. The summed E-state index contributed by atoms with van der Waals surface area (Å²) in [5.74, 6) is 0.917. The molecule has 120 valence electrons. The molecule has 2 N–H and O–H groups in total. The Morgan fingerprint density at radius 1 is 1.35 bits per heavy atom. The van der Waals surface area contributed by atoms with E-state index >= 15 is 0 Å². The zero-order valence-corrected chi connectivity index (χ0v) is 15.6. The van der Waals surface area contributed by atoms with Crippen molar-refractivity contribution >= 4 is 29.9 Å². The third-order valence-electron chi connectivity index (χ3n) is 3.07. The molecular formula is C14H31IN4O. The third kappa shape index (κ3) is 8.97. The first kappa shape index (κ1) is 19.9. The van der Waals surface area contributed by atoms with Crippen molar-refractivity contribution in [3.8, 4) is 0 Å². The first-order valence-electron chi connectivity index (χ1n) is 7.45. The van der Waals surface area contributed by atoms with E-state index in [0.29, 0.717) is 6.04 Å². The summed E-state index contributed by atoms with van der Waals surface area (Å²) in [6.45, 7) is 10.9. The highest BCUT2D eigenvalue weighted by Gasteiger charge is 2.27. The van der Waals surface area contributed by atoms with Gasteiger partial charge in [-0.3, -0.25) is 9.89 Å². The van der Waals surface area contributed by atoms with Crippen LogP contribution in [0.25, 0.3) is 0 Å². The maximum Gasteiger partial charge on any atom is 0.191 e. The summed E-state index contributed by atoms with van der Waals surface area (Å²) in [6.07, 6.45) is 2.66. The fourth-order valence-electron chi connectivity index (χ4n) is 2.01. The van der Waals surface area contributed by atoms with Crippen molar-refractivity contribution in [1.29, 1.82) is 0 Å². The van der Waals surface area contributed by atoms with Gasteiger partial charge in [-0.05, 0) is 33.6 Å². The third-order valence-corrected chi connectivity index (χ3v) is 3.07. The smallest absolute Gasteiger partial charge is 0.191 e. The molecule has 0 bridgehead atoms. The Hall–Kier alpha value is -0.0800.